The molecule has 224 valence electrons. The molecule has 4 N–H and O–H groups in total. The number of amides is 2. The first kappa shape index (κ1) is 31.1. The Labute approximate surface area is 253 Å². The molecule has 2 unspecified atom stereocenters. The minimum atomic E-state index is -0.646. The third-order valence-corrected chi connectivity index (χ3v) is 7.36. The van der Waals surface area contributed by atoms with Crippen LogP contribution in [0.2, 0.25) is 5.02 Å². The number of alkyl carbamates (subject to hydrolysis) is 1. The molecule has 9 nitrogen and oxygen atoms in total. The smallest absolute Gasteiger partial charge is 0.407 e. The number of ether oxygens (including phenoxy) is 1. The second-order valence-corrected chi connectivity index (χ2v) is 12.7. The zero-order chi connectivity index (χ0) is 30.5. The standard InChI is InChI=1S/C32H41ClN6O3/c1-20-16-22(19-34-18-20)35-27-23(29(40)39-32(5,6)21-12-8-7-9-13-21)17-24(33)28(38-27)36-25-14-10-11-15-26(25)37-30(41)42-31(2,3)4/h7-9,12-13,16-19,25-26H,10-11,14-15H2,1-6H3,(H,37,41)(H,39,40)(H2,35,36,38). The Balaban J connectivity index is 1.63. The second kappa shape index (κ2) is 13.0. The molecular weight excluding hydrogens is 552 g/mol. The maximum atomic E-state index is 13.7. The van der Waals surface area contributed by atoms with Crippen LogP contribution in [0, 0.1) is 6.92 Å². The molecule has 0 bridgehead atoms. The summed E-state index contributed by atoms with van der Waals surface area (Å²) < 4.78 is 5.49. The van der Waals surface area contributed by atoms with Crippen LogP contribution < -0.4 is 21.3 Å². The average Bonchev–Trinajstić information content (AvgIpc) is 2.90. The summed E-state index contributed by atoms with van der Waals surface area (Å²) in [5.74, 6) is 0.430. The minimum absolute atomic E-state index is 0.124. The van der Waals surface area contributed by atoms with E-state index in [4.69, 9.17) is 21.3 Å². The average molecular weight is 593 g/mol. The van der Waals surface area contributed by atoms with Crippen LogP contribution in [0.15, 0.2) is 54.9 Å². The van der Waals surface area contributed by atoms with Crippen molar-refractivity contribution in [3.8, 4) is 0 Å². The number of hydrogen-bond donors (Lipinski definition) is 4. The van der Waals surface area contributed by atoms with Crippen molar-refractivity contribution >= 4 is 40.9 Å². The van der Waals surface area contributed by atoms with E-state index in [2.05, 4.69) is 26.3 Å². The largest absolute Gasteiger partial charge is 0.444 e. The number of nitrogens with one attached hydrogen (secondary N) is 4. The molecule has 1 aliphatic carbocycles. The molecule has 4 rings (SSSR count). The van der Waals surface area contributed by atoms with E-state index in [9.17, 15) is 9.59 Å². The van der Waals surface area contributed by atoms with Crippen LogP contribution in [0.25, 0.3) is 0 Å². The fourth-order valence-electron chi connectivity index (χ4n) is 5.01. The molecule has 0 aliphatic heterocycles. The SMILES string of the molecule is Cc1cncc(Nc2nc(NC3CCCCC3NC(=O)OC(C)(C)C)c(Cl)cc2C(=O)NC(C)(C)c2ccccc2)c1. The normalized spacial score (nSPS) is 17.2. The number of hydrogen-bond acceptors (Lipinski definition) is 7. The molecule has 42 heavy (non-hydrogen) atoms. The number of anilines is 3. The predicted molar refractivity (Wildman–Crippen MR) is 167 cm³/mol. The molecule has 2 amide bonds. The van der Waals surface area contributed by atoms with Crippen LogP contribution in [0.3, 0.4) is 0 Å². The van der Waals surface area contributed by atoms with Crippen molar-refractivity contribution in [2.24, 2.45) is 0 Å². The summed E-state index contributed by atoms with van der Waals surface area (Å²) in [6.45, 7) is 11.3. The lowest BCUT2D eigenvalue weighted by Gasteiger charge is -2.34. The minimum Gasteiger partial charge on any atom is -0.444 e. The summed E-state index contributed by atoms with van der Waals surface area (Å²) in [6, 6.07) is 13.0. The van der Waals surface area contributed by atoms with E-state index >= 15 is 0 Å². The topological polar surface area (TPSA) is 117 Å². The van der Waals surface area contributed by atoms with E-state index in [1.807, 2.05) is 77.9 Å². The Morgan fingerprint density at radius 2 is 1.64 bits per heavy atom. The lowest BCUT2D eigenvalue weighted by atomic mass is 9.90. The van der Waals surface area contributed by atoms with Gasteiger partial charge in [0.2, 0.25) is 0 Å². The van der Waals surface area contributed by atoms with Crippen LogP contribution in [-0.4, -0.2) is 39.7 Å². The van der Waals surface area contributed by atoms with Crippen LogP contribution in [0.5, 0.6) is 0 Å². The highest BCUT2D eigenvalue weighted by atomic mass is 35.5. The quantitative estimate of drug-likeness (QED) is 0.220. The maximum absolute atomic E-state index is 13.7. The molecule has 2 atom stereocenters. The first-order valence-corrected chi connectivity index (χ1v) is 14.7. The fourth-order valence-corrected chi connectivity index (χ4v) is 5.21. The highest BCUT2D eigenvalue weighted by Gasteiger charge is 2.30. The third-order valence-electron chi connectivity index (χ3n) is 7.07. The Kier molecular flexibility index (Phi) is 9.61. The summed E-state index contributed by atoms with van der Waals surface area (Å²) in [5.41, 5.74) is 1.67. The molecule has 1 aliphatic rings. The van der Waals surface area contributed by atoms with Crippen LogP contribution in [0.1, 0.15) is 81.8 Å². The number of pyridine rings is 2. The van der Waals surface area contributed by atoms with Gasteiger partial charge in [-0.2, -0.15) is 0 Å². The van der Waals surface area contributed by atoms with Crippen molar-refractivity contribution in [1.82, 2.24) is 20.6 Å². The van der Waals surface area contributed by atoms with Crippen molar-refractivity contribution in [2.45, 2.75) is 90.4 Å². The highest BCUT2D eigenvalue weighted by Crippen LogP contribution is 2.32. The number of aromatic nitrogens is 2. The van der Waals surface area contributed by atoms with Gasteiger partial charge in [-0.3, -0.25) is 9.78 Å². The molecule has 3 aromatic rings. The van der Waals surface area contributed by atoms with Gasteiger partial charge in [0.25, 0.3) is 5.91 Å². The van der Waals surface area contributed by atoms with Crippen molar-refractivity contribution < 1.29 is 14.3 Å². The predicted octanol–water partition coefficient (Wildman–Crippen LogP) is 7.09. The number of aryl methyl sites for hydroxylation is 1. The van der Waals surface area contributed by atoms with Gasteiger partial charge in [-0.25, -0.2) is 9.78 Å². The number of carbonyl (C=O) groups excluding carboxylic acids is 2. The highest BCUT2D eigenvalue weighted by molar-refractivity contribution is 6.33. The molecule has 10 heteroatoms. The molecule has 1 saturated carbocycles. The van der Waals surface area contributed by atoms with Gasteiger partial charge >= 0.3 is 6.09 Å². The van der Waals surface area contributed by atoms with E-state index < -0.39 is 17.2 Å². The maximum Gasteiger partial charge on any atom is 0.407 e. The van der Waals surface area contributed by atoms with Crippen LogP contribution in [0.4, 0.5) is 22.1 Å². The van der Waals surface area contributed by atoms with E-state index in [0.717, 1.165) is 36.8 Å². The summed E-state index contributed by atoms with van der Waals surface area (Å²) in [5, 5.41) is 13.2. The second-order valence-electron chi connectivity index (χ2n) is 12.3. The number of rotatable bonds is 8. The van der Waals surface area contributed by atoms with Gasteiger partial charge in [0.15, 0.2) is 0 Å². The van der Waals surface area contributed by atoms with E-state index in [-0.39, 0.29) is 18.0 Å². The van der Waals surface area contributed by atoms with E-state index in [0.29, 0.717) is 27.9 Å². The van der Waals surface area contributed by atoms with Gasteiger partial charge < -0.3 is 26.0 Å². The number of carbonyl (C=O) groups is 2. The van der Waals surface area contributed by atoms with Crippen molar-refractivity contribution in [3.63, 3.8) is 0 Å². The molecule has 1 aromatic carbocycles. The summed E-state index contributed by atoms with van der Waals surface area (Å²) in [7, 11) is 0. The monoisotopic (exact) mass is 592 g/mol. The molecule has 2 aromatic heterocycles. The molecule has 0 spiro atoms. The van der Waals surface area contributed by atoms with Gasteiger partial charge in [-0.05, 0) is 77.6 Å². The Morgan fingerprint density at radius 1 is 0.952 bits per heavy atom. The van der Waals surface area contributed by atoms with Crippen LogP contribution >= 0.6 is 11.6 Å². The van der Waals surface area contributed by atoms with Crippen molar-refractivity contribution in [3.05, 3.63) is 76.6 Å². The zero-order valence-corrected chi connectivity index (χ0v) is 25.9. The lowest BCUT2D eigenvalue weighted by molar-refractivity contribution is 0.0488. The van der Waals surface area contributed by atoms with Gasteiger partial charge in [-0.1, -0.05) is 54.8 Å². The van der Waals surface area contributed by atoms with E-state index in [1.54, 1.807) is 18.5 Å². The lowest BCUT2D eigenvalue weighted by Crippen LogP contribution is -2.50. The van der Waals surface area contributed by atoms with Crippen LogP contribution in [-0.2, 0) is 10.3 Å². The van der Waals surface area contributed by atoms with Gasteiger partial charge in [0.1, 0.15) is 17.2 Å². The zero-order valence-electron chi connectivity index (χ0n) is 25.2. The molecule has 2 heterocycles. The van der Waals surface area contributed by atoms with E-state index in [1.165, 1.54) is 0 Å². The number of nitrogens with zero attached hydrogens (tertiary/aromatic N) is 2. The fraction of sp³-hybridized carbons (Fsp3) is 0.438. The Bertz CT molecular complexity index is 1410. The molecule has 0 saturated heterocycles. The number of benzene rings is 1. The molecule has 1 fully saturated rings. The molecular formula is C32H41ClN6O3. The Hall–Kier alpha value is -3.85. The van der Waals surface area contributed by atoms with Crippen molar-refractivity contribution in [2.75, 3.05) is 10.6 Å². The third kappa shape index (κ3) is 8.35. The Morgan fingerprint density at radius 3 is 2.31 bits per heavy atom. The summed E-state index contributed by atoms with van der Waals surface area (Å²) in [4.78, 5) is 35.3. The number of halogens is 1. The molecule has 0 radical (unpaired) electrons. The van der Waals surface area contributed by atoms with Gasteiger partial charge in [0, 0.05) is 12.2 Å². The van der Waals surface area contributed by atoms with Gasteiger partial charge in [0.05, 0.1) is 34.1 Å². The summed E-state index contributed by atoms with van der Waals surface area (Å²) in [6.07, 6.45) is 6.57. The first-order valence-electron chi connectivity index (χ1n) is 14.3. The van der Waals surface area contributed by atoms with Crippen molar-refractivity contribution in [1.29, 1.82) is 0 Å². The first-order chi connectivity index (χ1) is 19.8. The summed E-state index contributed by atoms with van der Waals surface area (Å²) >= 11 is 6.76. The van der Waals surface area contributed by atoms with Gasteiger partial charge in [-0.15, -0.1) is 0 Å².